The first-order valence-corrected chi connectivity index (χ1v) is 10.3. The molecular weight excluding hydrogens is 399 g/mol. The maximum Gasteiger partial charge on any atom is 0.258 e. The van der Waals surface area contributed by atoms with E-state index in [-0.39, 0.29) is 46.7 Å². The third-order valence-corrected chi connectivity index (χ3v) is 6.57. The molecule has 3 N–H and O–H groups in total. The molecule has 3 saturated carbocycles. The minimum atomic E-state index is -0.589. The predicted octanol–water partition coefficient (Wildman–Crippen LogP) is 1.12. The Morgan fingerprint density at radius 3 is 2.86 bits per heavy atom. The summed E-state index contributed by atoms with van der Waals surface area (Å²) in [6.07, 6.45) is 2.28. The minimum absolute atomic E-state index is 0.00633. The Labute approximate surface area is 174 Å². The van der Waals surface area contributed by atoms with Gasteiger partial charge in [0.2, 0.25) is 5.91 Å². The van der Waals surface area contributed by atoms with E-state index in [1.807, 2.05) is 7.05 Å². The molecule has 1 saturated heterocycles. The zero-order valence-corrected chi connectivity index (χ0v) is 17.1. The zero-order chi connectivity index (χ0) is 20.6. The second-order valence-electron chi connectivity index (χ2n) is 8.50. The lowest BCUT2D eigenvalue weighted by Crippen LogP contribution is -2.48. The number of rotatable bonds is 7. The van der Waals surface area contributed by atoms with Crippen molar-refractivity contribution in [1.29, 1.82) is 0 Å². The van der Waals surface area contributed by atoms with Crippen molar-refractivity contribution in [2.45, 2.75) is 31.3 Å². The molecule has 29 heavy (non-hydrogen) atoms. The number of nitrogens with zero attached hydrogens (tertiary/aromatic N) is 1. The third kappa shape index (κ3) is 4.34. The van der Waals surface area contributed by atoms with E-state index in [9.17, 15) is 14.0 Å². The quantitative estimate of drug-likeness (QED) is 0.611. The molecule has 0 aromatic heterocycles. The summed E-state index contributed by atoms with van der Waals surface area (Å²) in [6.45, 7) is 2.18. The van der Waals surface area contributed by atoms with Gasteiger partial charge in [0.05, 0.1) is 10.4 Å². The van der Waals surface area contributed by atoms with Crippen LogP contribution < -0.4 is 20.7 Å². The van der Waals surface area contributed by atoms with Crippen molar-refractivity contribution in [3.8, 4) is 5.75 Å². The number of fused-ring (bicyclic) bond motifs is 1. The molecule has 1 aromatic rings. The molecule has 1 heterocycles. The van der Waals surface area contributed by atoms with Crippen molar-refractivity contribution in [2.75, 3.05) is 33.4 Å². The second-order valence-corrected chi connectivity index (χ2v) is 8.91. The molecule has 7 nitrogen and oxygen atoms in total. The molecule has 4 aliphatic rings. The Kier molecular flexibility index (Phi) is 5.68. The van der Waals surface area contributed by atoms with Crippen LogP contribution in [0.4, 0.5) is 4.39 Å². The number of amides is 2. The van der Waals surface area contributed by atoms with Gasteiger partial charge in [-0.3, -0.25) is 19.8 Å². The van der Waals surface area contributed by atoms with E-state index in [2.05, 4.69) is 20.9 Å². The van der Waals surface area contributed by atoms with E-state index in [0.29, 0.717) is 18.9 Å². The van der Waals surface area contributed by atoms with Crippen LogP contribution in [-0.4, -0.2) is 62.2 Å². The summed E-state index contributed by atoms with van der Waals surface area (Å²) in [5, 5.41) is 9.41. The molecule has 2 bridgehead atoms. The summed E-state index contributed by atoms with van der Waals surface area (Å²) in [4.78, 5) is 27.1. The Hall–Kier alpha value is -1.90. The highest BCUT2D eigenvalue weighted by atomic mass is 35.5. The summed E-state index contributed by atoms with van der Waals surface area (Å²) < 4.78 is 18.8. The first-order valence-electron chi connectivity index (χ1n) is 9.92. The highest BCUT2D eigenvalue weighted by Crippen LogP contribution is 2.58. The standard InChI is InChI=1S/C20H26ClFN4O3/c1-26-9-13(24-11-26)8-23-19(28)20-5-12(6-20)17(7-20)25-18(27)10-29-14-2-3-15(21)16(22)4-14/h2-4,12-13,17,24H,5-11H2,1H3,(H,23,28)(H,25,27)/t12?,13?,17-,20?/m0/s1. The lowest BCUT2D eigenvalue weighted by atomic mass is 9.69. The van der Waals surface area contributed by atoms with Gasteiger partial charge in [0.25, 0.3) is 5.91 Å². The monoisotopic (exact) mass is 424 g/mol. The Morgan fingerprint density at radius 1 is 1.38 bits per heavy atom. The van der Waals surface area contributed by atoms with Gasteiger partial charge >= 0.3 is 0 Å². The molecule has 0 spiro atoms. The number of ether oxygens (including phenoxy) is 1. The number of benzene rings is 1. The second kappa shape index (κ2) is 8.08. The van der Waals surface area contributed by atoms with Crippen LogP contribution in [0.25, 0.3) is 0 Å². The molecule has 0 radical (unpaired) electrons. The third-order valence-electron chi connectivity index (χ3n) is 6.27. The van der Waals surface area contributed by atoms with Gasteiger partial charge in [-0.25, -0.2) is 4.39 Å². The van der Waals surface area contributed by atoms with Crippen molar-refractivity contribution in [1.82, 2.24) is 20.9 Å². The SMILES string of the molecule is CN1CNC(CNC(=O)C23CC(C2)[C@@H](NC(=O)COc2ccc(Cl)c(F)c2)C3)C1. The van der Waals surface area contributed by atoms with Crippen LogP contribution >= 0.6 is 11.6 Å². The number of halogens is 2. The van der Waals surface area contributed by atoms with Gasteiger partial charge in [0.1, 0.15) is 11.6 Å². The summed E-state index contributed by atoms with van der Waals surface area (Å²) >= 11 is 5.63. The van der Waals surface area contributed by atoms with Gasteiger partial charge in [-0.15, -0.1) is 0 Å². The molecular formula is C20H26ClFN4O3. The fourth-order valence-corrected chi connectivity index (χ4v) is 4.84. The van der Waals surface area contributed by atoms with Crippen molar-refractivity contribution < 1.29 is 18.7 Å². The fourth-order valence-electron chi connectivity index (χ4n) is 4.72. The number of likely N-dealkylation sites (N-methyl/N-ethyl adjacent to an activating group) is 1. The van der Waals surface area contributed by atoms with Crippen molar-refractivity contribution in [3.63, 3.8) is 0 Å². The molecule has 158 valence electrons. The normalized spacial score (nSPS) is 30.7. The van der Waals surface area contributed by atoms with Crippen LogP contribution in [0.1, 0.15) is 19.3 Å². The highest BCUT2D eigenvalue weighted by molar-refractivity contribution is 6.30. The number of carbonyl (C=O) groups excluding carboxylic acids is 2. The number of hydrogen-bond acceptors (Lipinski definition) is 5. The van der Waals surface area contributed by atoms with Crippen LogP contribution in [0.15, 0.2) is 18.2 Å². The van der Waals surface area contributed by atoms with Gasteiger partial charge in [-0.05, 0) is 44.4 Å². The predicted molar refractivity (Wildman–Crippen MR) is 106 cm³/mol. The Morgan fingerprint density at radius 2 is 2.17 bits per heavy atom. The van der Waals surface area contributed by atoms with E-state index in [0.717, 1.165) is 32.1 Å². The first-order chi connectivity index (χ1) is 13.8. The summed E-state index contributed by atoms with van der Waals surface area (Å²) in [7, 11) is 2.04. The summed E-state index contributed by atoms with van der Waals surface area (Å²) in [5.74, 6) is -0.191. The van der Waals surface area contributed by atoms with E-state index in [4.69, 9.17) is 16.3 Å². The minimum Gasteiger partial charge on any atom is -0.484 e. The fraction of sp³-hybridized carbons (Fsp3) is 0.600. The van der Waals surface area contributed by atoms with E-state index < -0.39 is 5.82 Å². The van der Waals surface area contributed by atoms with Crippen LogP contribution in [-0.2, 0) is 9.59 Å². The molecule has 1 unspecified atom stereocenters. The largest absolute Gasteiger partial charge is 0.484 e. The van der Waals surface area contributed by atoms with Crippen molar-refractivity contribution >= 4 is 23.4 Å². The molecule has 2 atom stereocenters. The Balaban J connectivity index is 1.21. The lowest BCUT2D eigenvalue weighted by molar-refractivity contribution is -0.134. The summed E-state index contributed by atoms with van der Waals surface area (Å²) in [6, 6.07) is 4.31. The maximum absolute atomic E-state index is 13.4. The average Bonchev–Trinajstić information content (AvgIpc) is 3.33. The van der Waals surface area contributed by atoms with Crippen LogP contribution in [0, 0.1) is 17.2 Å². The van der Waals surface area contributed by atoms with Gasteiger partial charge in [0.15, 0.2) is 6.61 Å². The molecule has 9 heteroatoms. The maximum atomic E-state index is 13.4. The molecule has 4 fully saturated rings. The van der Waals surface area contributed by atoms with Crippen LogP contribution in [0.3, 0.4) is 0 Å². The summed E-state index contributed by atoms with van der Waals surface area (Å²) in [5.41, 5.74) is -0.354. The molecule has 3 aliphatic carbocycles. The zero-order valence-electron chi connectivity index (χ0n) is 16.3. The van der Waals surface area contributed by atoms with E-state index in [1.54, 1.807) is 0 Å². The smallest absolute Gasteiger partial charge is 0.258 e. The Bertz CT molecular complexity index is 802. The van der Waals surface area contributed by atoms with Gasteiger partial charge in [-0.1, -0.05) is 11.6 Å². The van der Waals surface area contributed by atoms with Gasteiger partial charge in [-0.2, -0.15) is 0 Å². The van der Waals surface area contributed by atoms with Crippen LogP contribution in [0.2, 0.25) is 5.02 Å². The van der Waals surface area contributed by atoms with E-state index >= 15 is 0 Å². The molecule has 1 aliphatic heterocycles. The molecule has 2 amide bonds. The number of nitrogens with one attached hydrogen (secondary N) is 3. The number of hydrogen-bond donors (Lipinski definition) is 3. The average molecular weight is 425 g/mol. The van der Waals surface area contributed by atoms with Crippen molar-refractivity contribution in [3.05, 3.63) is 29.0 Å². The number of carbonyl (C=O) groups is 2. The van der Waals surface area contributed by atoms with Crippen molar-refractivity contribution in [2.24, 2.45) is 11.3 Å². The lowest BCUT2D eigenvalue weighted by Gasteiger charge is -2.37. The molecule has 5 rings (SSSR count). The topological polar surface area (TPSA) is 82.7 Å². The van der Waals surface area contributed by atoms with Gasteiger partial charge < -0.3 is 15.4 Å². The highest BCUT2D eigenvalue weighted by Gasteiger charge is 2.60. The van der Waals surface area contributed by atoms with Gasteiger partial charge in [0, 0.05) is 37.9 Å². The van der Waals surface area contributed by atoms with Crippen LogP contribution in [0.5, 0.6) is 5.75 Å². The first kappa shape index (κ1) is 20.4. The van der Waals surface area contributed by atoms with E-state index in [1.165, 1.54) is 12.1 Å². The molecule has 1 aromatic carbocycles.